The molecule has 4 heterocycles. The summed E-state index contributed by atoms with van der Waals surface area (Å²) in [5, 5.41) is 16.8. The molecule has 1 amide bonds. The average molecular weight is 324 g/mol. The molecule has 0 radical (unpaired) electrons. The number of nitrogens with zero attached hydrogens (tertiary/aromatic N) is 5. The van der Waals surface area contributed by atoms with Crippen molar-refractivity contribution in [2.24, 2.45) is 0 Å². The molecule has 9 nitrogen and oxygen atoms in total. The molecule has 0 spiro atoms. The van der Waals surface area contributed by atoms with Crippen LogP contribution in [-0.4, -0.2) is 37.2 Å². The van der Waals surface area contributed by atoms with Crippen molar-refractivity contribution in [2.75, 3.05) is 16.9 Å². The average Bonchev–Trinajstić information content (AvgIpc) is 2.99. The van der Waals surface area contributed by atoms with Crippen molar-refractivity contribution in [3.63, 3.8) is 0 Å². The highest BCUT2D eigenvalue weighted by atomic mass is 16.2. The first-order valence-electron chi connectivity index (χ1n) is 8.01. The number of amides is 1. The number of rotatable bonds is 4. The number of H-pyrrole nitrogens is 1. The Morgan fingerprint density at radius 3 is 3.04 bits per heavy atom. The summed E-state index contributed by atoms with van der Waals surface area (Å²) >= 11 is 0. The minimum Gasteiger partial charge on any atom is -0.323 e. The molecule has 0 unspecified atom stereocenters. The fourth-order valence-electron chi connectivity index (χ4n) is 2.87. The summed E-state index contributed by atoms with van der Waals surface area (Å²) in [4.78, 5) is 16.0. The van der Waals surface area contributed by atoms with Crippen LogP contribution in [0.25, 0.3) is 5.52 Å². The van der Waals surface area contributed by atoms with E-state index in [1.165, 1.54) is 12.8 Å². The first-order valence-corrected chi connectivity index (χ1v) is 8.01. The quantitative estimate of drug-likeness (QED) is 0.669. The standard InChI is InChI=1S/C15H16N8O/c24-13-5-7-23(20-13)15-17-14(11-2-1-6-22(11)21-15)16-12-8-10(18-19-12)9-3-4-9/h1-2,6,8-9H,3-5,7H2,(H,20,24)(H2,16,17,18,19,21). The Labute approximate surface area is 137 Å². The molecule has 2 fully saturated rings. The second-order valence-corrected chi connectivity index (χ2v) is 6.14. The molecule has 3 aromatic heterocycles. The Bertz CT molecular complexity index is 925. The Morgan fingerprint density at radius 2 is 2.25 bits per heavy atom. The monoisotopic (exact) mass is 324 g/mol. The Hall–Kier alpha value is -3.10. The predicted molar refractivity (Wildman–Crippen MR) is 86.9 cm³/mol. The number of fused-ring (bicyclic) bond motifs is 1. The zero-order chi connectivity index (χ0) is 16.1. The van der Waals surface area contributed by atoms with Gasteiger partial charge in [-0.25, -0.2) is 4.52 Å². The highest BCUT2D eigenvalue weighted by molar-refractivity contribution is 5.81. The molecule has 5 rings (SSSR count). The molecule has 1 aliphatic carbocycles. The topological polar surface area (TPSA) is 103 Å². The van der Waals surface area contributed by atoms with Crippen molar-refractivity contribution < 1.29 is 4.79 Å². The van der Waals surface area contributed by atoms with Crippen molar-refractivity contribution in [1.82, 2.24) is 30.2 Å². The largest absolute Gasteiger partial charge is 0.323 e. The lowest BCUT2D eigenvalue weighted by molar-refractivity contribution is -0.119. The van der Waals surface area contributed by atoms with E-state index in [4.69, 9.17) is 0 Å². The van der Waals surface area contributed by atoms with Gasteiger partial charge in [-0.3, -0.25) is 20.3 Å². The molecule has 0 aromatic carbocycles. The van der Waals surface area contributed by atoms with Gasteiger partial charge in [-0.05, 0) is 25.0 Å². The van der Waals surface area contributed by atoms with E-state index < -0.39 is 0 Å². The maximum Gasteiger partial charge on any atom is 0.264 e. The van der Waals surface area contributed by atoms with Crippen molar-refractivity contribution in [1.29, 1.82) is 0 Å². The van der Waals surface area contributed by atoms with Crippen LogP contribution in [-0.2, 0) is 4.79 Å². The lowest BCUT2D eigenvalue weighted by atomic mass is 10.3. The third-order valence-corrected chi connectivity index (χ3v) is 4.29. The van der Waals surface area contributed by atoms with Crippen LogP contribution in [0.15, 0.2) is 24.4 Å². The van der Waals surface area contributed by atoms with E-state index in [9.17, 15) is 4.79 Å². The fraction of sp³-hybridized carbons (Fsp3) is 0.333. The van der Waals surface area contributed by atoms with E-state index in [1.807, 2.05) is 24.4 Å². The van der Waals surface area contributed by atoms with Crippen molar-refractivity contribution in [3.8, 4) is 0 Å². The number of aromatic amines is 1. The van der Waals surface area contributed by atoms with Crippen LogP contribution in [0.1, 0.15) is 30.9 Å². The number of anilines is 3. The molecule has 0 atom stereocenters. The second-order valence-electron chi connectivity index (χ2n) is 6.14. The molecule has 0 bridgehead atoms. The normalized spacial score (nSPS) is 17.5. The molecular weight excluding hydrogens is 308 g/mol. The van der Waals surface area contributed by atoms with Gasteiger partial charge in [-0.1, -0.05) is 0 Å². The molecule has 9 heteroatoms. The van der Waals surface area contributed by atoms with E-state index in [2.05, 4.69) is 31.0 Å². The number of hydrogen-bond donors (Lipinski definition) is 3. The van der Waals surface area contributed by atoms with E-state index in [0.717, 1.165) is 17.0 Å². The zero-order valence-electron chi connectivity index (χ0n) is 12.9. The van der Waals surface area contributed by atoms with E-state index >= 15 is 0 Å². The first kappa shape index (κ1) is 13.3. The van der Waals surface area contributed by atoms with Gasteiger partial charge in [0.15, 0.2) is 5.82 Å². The summed E-state index contributed by atoms with van der Waals surface area (Å²) in [6.45, 7) is 0.556. The highest BCUT2D eigenvalue weighted by Gasteiger charge is 2.26. The third kappa shape index (κ3) is 2.25. The van der Waals surface area contributed by atoms with Crippen LogP contribution in [0, 0.1) is 0 Å². The molecule has 24 heavy (non-hydrogen) atoms. The minimum atomic E-state index is -0.0247. The molecule has 1 saturated carbocycles. The molecule has 1 saturated heterocycles. The Balaban J connectivity index is 1.50. The number of carbonyl (C=O) groups excluding carboxylic acids is 1. The van der Waals surface area contributed by atoms with Gasteiger partial charge < -0.3 is 5.32 Å². The summed E-state index contributed by atoms with van der Waals surface area (Å²) in [6, 6.07) is 5.87. The second kappa shape index (κ2) is 4.95. The van der Waals surface area contributed by atoms with E-state index in [0.29, 0.717) is 30.6 Å². The van der Waals surface area contributed by atoms with Gasteiger partial charge >= 0.3 is 0 Å². The van der Waals surface area contributed by atoms with Crippen molar-refractivity contribution >= 4 is 29.0 Å². The van der Waals surface area contributed by atoms with Crippen LogP contribution in [0.3, 0.4) is 0 Å². The lowest BCUT2D eigenvalue weighted by Gasteiger charge is -2.16. The smallest absolute Gasteiger partial charge is 0.264 e. The third-order valence-electron chi connectivity index (χ3n) is 4.29. The summed E-state index contributed by atoms with van der Waals surface area (Å²) in [5.74, 6) is 2.48. The molecule has 3 aromatic rings. The first-order chi connectivity index (χ1) is 11.8. The predicted octanol–water partition coefficient (Wildman–Crippen LogP) is 1.31. The molecule has 3 N–H and O–H groups in total. The van der Waals surface area contributed by atoms with Crippen LogP contribution >= 0.6 is 0 Å². The van der Waals surface area contributed by atoms with Gasteiger partial charge in [0.25, 0.3) is 5.95 Å². The molecule has 1 aliphatic heterocycles. The number of hydrazine groups is 1. The van der Waals surface area contributed by atoms with Gasteiger partial charge in [-0.15, -0.1) is 5.10 Å². The van der Waals surface area contributed by atoms with Crippen molar-refractivity contribution in [2.45, 2.75) is 25.2 Å². The molecule has 122 valence electrons. The molecular formula is C15H16N8O. The Morgan fingerprint density at radius 1 is 1.33 bits per heavy atom. The summed E-state index contributed by atoms with van der Waals surface area (Å²) in [7, 11) is 0. The maximum absolute atomic E-state index is 11.4. The van der Waals surface area contributed by atoms with Gasteiger partial charge in [-0.2, -0.15) is 10.1 Å². The Kier molecular flexibility index (Phi) is 2.75. The summed E-state index contributed by atoms with van der Waals surface area (Å²) in [6.07, 6.45) is 4.71. The SMILES string of the molecule is O=C1CCN(c2nc(Nc3cc(C4CC4)n[nH]3)c3cccn3n2)N1. The minimum absolute atomic E-state index is 0.0247. The van der Waals surface area contributed by atoms with E-state index in [1.54, 1.807) is 9.52 Å². The van der Waals surface area contributed by atoms with Gasteiger partial charge in [0, 0.05) is 24.6 Å². The van der Waals surface area contributed by atoms with Crippen LogP contribution in [0.5, 0.6) is 0 Å². The summed E-state index contributed by atoms with van der Waals surface area (Å²) < 4.78 is 1.74. The van der Waals surface area contributed by atoms with Crippen LogP contribution < -0.4 is 15.8 Å². The zero-order valence-corrected chi connectivity index (χ0v) is 12.9. The summed E-state index contributed by atoms with van der Waals surface area (Å²) in [5.41, 5.74) is 4.70. The van der Waals surface area contributed by atoms with E-state index in [-0.39, 0.29) is 5.91 Å². The number of carbonyl (C=O) groups is 1. The van der Waals surface area contributed by atoms with Crippen molar-refractivity contribution in [3.05, 3.63) is 30.1 Å². The number of aromatic nitrogens is 5. The van der Waals surface area contributed by atoms with Crippen LogP contribution in [0.4, 0.5) is 17.6 Å². The molecule has 2 aliphatic rings. The lowest BCUT2D eigenvalue weighted by Crippen LogP contribution is -2.34. The fourth-order valence-corrected chi connectivity index (χ4v) is 2.87. The number of hydrogen-bond acceptors (Lipinski definition) is 6. The highest BCUT2D eigenvalue weighted by Crippen LogP contribution is 2.39. The number of nitrogens with one attached hydrogen (secondary N) is 3. The van der Waals surface area contributed by atoms with Gasteiger partial charge in [0.05, 0.1) is 12.2 Å². The van der Waals surface area contributed by atoms with Gasteiger partial charge in [0.1, 0.15) is 11.3 Å². The maximum atomic E-state index is 11.4. The van der Waals surface area contributed by atoms with Gasteiger partial charge in [0.2, 0.25) is 5.91 Å². The van der Waals surface area contributed by atoms with Crippen LogP contribution in [0.2, 0.25) is 0 Å².